The Hall–Kier alpha value is -2.11. The van der Waals surface area contributed by atoms with E-state index in [4.69, 9.17) is 14.3 Å². The summed E-state index contributed by atoms with van der Waals surface area (Å²) in [5.41, 5.74) is 2.32. The predicted octanol–water partition coefficient (Wildman–Crippen LogP) is 4.51. The first-order chi connectivity index (χ1) is 19.5. The summed E-state index contributed by atoms with van der Waals surface area (Å²) < 4.78 is 13.6. The zero-order valence-electron chi connectivity index (χ0n) is 25.7. The van der Waals surface area contributed by atoms with Gasteiger partial charge in [0.05, 0.1) is 19.3 Å². The van der Waals surface area contributed by atoms with Crippen LogP contribution in [-0.2, 0) is 6.54 Å². The van der Waals surface area contributed by atoms with Gasteiger partial charge in [0, 0.05) is 43.7 Å². The van der Waals surface area contributed by atoms with E-state index in [9.17, 15) is 4.79 Å². The average Bonchev–Trinajstić information content (AvgIpc) is 3.67. The van der Waals surface area contributed by atoms with Crippen molar-refractivity contribution in [1.82, 2.24) is 24.4 Å². The zero-order valence-corrected chi connectivity index (χ0v) is 26.6. The van der Waals surface area contributed by atoms with Crippen molar-refractivity contribution in [2.24, 2.45) is 5.92 Å². The van der Waals surface area contributed by atoms with Crippen LogP contribution in [0.25, 0.3) is 0 Å². The second-order valence-electron chi connectivity index (χ2n) is 12.6. The van der Waals surface area contributed by atoms with Crippen LogP contribution in [0, 0.1) is 19.8 Å². The topological polar surface area (TPSA) is 94.3 Å². The Labute approximate surface area is 250 Å². The molecule has 0 unspecified atom stereocenters. The Kier molecular flexibility index (Phi) is 11.2. The summed E-state index contributed by atoms with van der Waals surface area (Å²) in [7, 11) is 1.70. The lowest BCUT2D eigenvalue weighted by atomic mass is 9.97. The second kappa shape index (κ2) is 14.4. The summed E-state index contributed by atoms with van der Waals surface area (Å²) in [6, 6.07) is 4.66. The van der Waals surface area contributed by atoms with E-state index in [0.29, 0.717) is 24.2 Å². The smallest absolute Gasteiger partial charge is 0.275 e. The highest BCUT2D eigenvalue weighted by Crippen LogP contribution is 2.40. The van der Waals surface area contributed by atoms with Crippen molar-refractivity contribution in [3.8, 4) is 5.75 Å². The molecule has 5 rings (SSSR count). The molecule has 3 aliphatic rings. The minimum absolute atomic E-state index is 0.0148. The van der Waals surface area contributed by atoms with Crippen molar-refractivity contribution in [3.05, 3.63) is 41.1 Å². The van der Waals surface area contributed by atoms with E-state index in [-0.39, 0.29) is 5.91 Å². The van der Waals surface area contributed by atoms with Gasteiger partial charge in [-0.3, -0.25) is 9.69 Å². The minimum atomic E-state index is -0.500. The first-order valence-corrected chi connectivity index (χ1v) is 15.8. The molecule has 1 saturated carbocycles. The van der Waals surface area contributed by atoms with Crippen LogP contribution >= 0.6 is 11.9 Å². The van der Waals surface area contributed by atoms with Crippen molar-refractivity contribution in [1.29, 1.82) is 0 Å². The van der Waals surface area contributed by atoms with Crippen LogP contribution in [0.5, 0.6) is 5.75 Å². The molecule has 9 nitrogen and oxygen atoms in total. The van der Waals surface area contributed by atoms with E-state index < -0.39 is 5.60 Å². The lowest BCUT2D eigenvalue weighted by Gasteiger charge is -2.37. The molecule has 2 N–H and O–H groups in total. The monoisotopic (exact) mass is 587 g/mol. The van der Waals surface area contributed by atoms with Crippen LogP contribution in [0.4, 0.5) is 0 Å². The summed E-state index contributed by atoms with van der Waals surface area (Å²) in [6.45, 7) is 16.9. The molecule has 1 amide bonds. The summed E-state index contributed by atoms with van der Waals surface area (Å²) in [6.07, 6.45) is 6.41. The number of carbonyl (C=O) groups is 1. The van der Waals surface area contributed by atoms with Crippen molar-refractivity contribution >= 4 is 17.9 Å². The van der Waals surface area contributed by atoms with Gasteiger partial charge >= 0.3 is 0 Å². The molecule has 1 aliphatic carbocycles. The van der Waals surface area contributed by atoms with E-state index in [1.165, 1.54) is 41.7 Å². The largest absolute Gasteiger partial charge is 0.497 e. The molecule has 0 spiro atoms. The number of carbonyl (C=O) groups excluding carboxylic acids is 1. The van der Waals surface area contributed by atoms with E-state index in [0.717, 1.165) is 57.5 Å². The molecule has 1 aromatic heterocycles. The molecule has 0 radical (unpaired) electrons. The molecule has 3 heterocycles. The van der Waals surface area contributed by atoms with Crippen LogP contribution < -0.4 is 10.1 Å². The number of aromatic nitrogens is 1. The van der Waals surface area contributed by atoms with Gasteiger partial charge in [0.2, 0.25) is 5.89 Å². The summed E-state index contributed by atoms with van der Waals surface area (Å²) in [5.74, 6) is 2.25. The minimum Gasteiger partial charge on any atom is -0.497 e. The second-order valence-corrected chi connectivity index (χ2v) is 13.6. The average molecular weight is 588 g/mol. The van der Waals surface area contributed by atoms with E-state index in [1.54, 1.807) is 46.1 Å². The molecule has 41 heavy (non-hydrogen) atoms. The van der Waals surface area contributed by atoms with Gasteiger partial charge in [-0.15, -0.1) is 0 Å². The van der Waals surface area contributed by atoms with Gasteiger partial charge in [-0.25, -0.2) is 9.29 Å². The number of oxazole rings is 1. The Bertz CT molecular complexity index is 1100. The van der Waals surface area contributed by atoms with Crippen LogP contribution in [0.15, 0.2) is 27.7 Å². The number of nitrogens with zero attached hydrogens (tertiary/aromatic N) is 4. The third-order valence-corrected chi connectivity index (χ3v) is 9.02. The third-order valence-electron chi connectivity index (χ3n) is 7.53. The number of amides is 1. The van der Waals surface area contributed by atoms with Gasteiger partial charge in [0.25, 0.3) is 5.91 Å². The maximum atomic E-state index is 13.1. The Morgan fingerprint density at radius 2 is 1.73 bits per heavy atom. The fraction of sp³-hybridized carbons (Fsp3) is 0.677. The molecule has 2 saturated heterocycles. The SMILES string of the molecule is CC(C)(C)O.COc1cc(C)c(SN(Cc2nc(C(=O)N3CCN(CC4CCNCC4)CC3)co2)C2CC2)c(C)c1. The van der Waals surface area contributed by atoms with Crippen molar-refractivity contribution in [2.75, 3.05) is 52.9 Å². The Morgan fingerprint density at radius 3 is 2.29 bits per heavy atom. The molecular weight excluding hydrogens is 538 g/mol. The predicted molar refractivity (Wildman–Crippen MR) is 163 cm³/mol. The number of nitrogens with one attached hydrogen (secondary N) is 1. The van der Waals surface area contributed by atoms with Crippen molar-refractivity contribution in [2.45, 2.75) is 83.4 Å². The van der Waals surface area contributed by atoms with Gasteiger partial charge in [-0.2, -0.15) is 0 Å². The zero-order chi connectivity index (χ0) is 29.6. The standard InChI is InChI=1S/C27H39N5O3S.C4H10O/c1-19-14-23(34-3)15-20(2)26(19)36-32(22-4-5-22)17-25-29-24(18-35-25)27(33)31-12-10-30(11-13-31)16-21-6-8-28-9-7-21;1-4(2,3)5/h14-15,18,21-22,28H,4-13,16-17H2,1-3H3;5H,1-3H3. The normalized spacial score (nSPS) is 18.8. The number of hydrogen-bond donors (Lipinski definition) is 2. The maximum absolute atomic E-state index is 13.1. The number of rotatable bonds is 9. The summed E-state index contributed by atoms with van der Waals surface area (Å²) in [5, 5.41) is 12.0. The van der Waals surface area contributed by atoms with Crippen LogP contribution in [-0.4, -0.2) is 94.7 Å². The van der Waals surface area contributed by atoms with Crippen LogP contribution in [0.3, 0.4) is 0 Å². The van der Waals surface area contributed by atoms with Crippen LogP contribution in [0.2, 0.25) is 0 Å². The van der Waals surface area contributed by atoms with E-state index >= 15 is 0 Å². The molecule has 228 valence electrons. The lowest BCUT2D eigenvalue weighted by molar-refractivity contribution is 0.0602. The van der Waals surface area contributed by atoms with E-state index in [1.807, 2.05) is 4.90 Å². The summed E-state index contributed by atoms with van der Waals surface area (Å²) in [4.78, 5) is 23.4. The lowest BCUT2D eigenvalue weighted by Crippen LogP contribution is -2.50. The van der Waals surface area contributed by atoms with Gasteiger partial charge in [0.1, 0.15) is 12.0 Å². The number of ether oxygens (including phenoxy) is 1. The first kappa shape index (κ1) is 31.8. The van der Waals surface area contributed by atoms with Crippen molar-refractivity contribution in [3.63, 3.8) is 0 Å². The molecule has 0 atom stereocenters. The van der Waals surface area contributed by atoms with Gasteiger partial charge in [-0.05, 0) is 115 Å². The highest BCUT2D eigenvalue weighted by Gasteiger charge is 2.32. The Morgan fingerprint density at radius 1 is 1.12 bits per heavy atom. The van der Waals surface area contributed by atoms with Gasteiger partial charge < -0.3 is 24.5 Å². The third kappa shape index (κ3) is 9.99. The Balaban J connectivity index is 0.000000714. The first-order valence-electron chi connectivity index (χ1n) is 15.0. The molecule has 10 heteroatoms. The fourth-order valence-electron chi connectivity index (χ4n) is 5.23. The molecule has 3 fully saturated rings. The summed E-state index contributed by atoms with van der Waals surface area (Å²) >= 11 is 1.76. The maximum Gasteiger partial charge on any atom is 0.275 e. The highest BCUT2D eigenvalue weighted by molar-refractivity contribution is 7.97. The molecule has 2 aliphatic heterocycles. The molecule has 2 aromatic rings. The number of piperazine rings is 1. The van der Waals surface area contributed by atoms with Gasteiger partial charge in [0.15, 0.2) is 5.69 Å². The molecular formula is C31H49N5O4S. The fourth-order valence-corrected chi connectivity index (χ4v) is 6.40. The highest BCUT2D eigenvalue weighted by atomic mass is 32.2. The number of piperidine rings is 1. The number of aryl methyl sites for hydroxylation is 2. The number of aliphatic hydroxyl groups is 1. The number of benzene rings is 1. The molecule has 1 aromatic carbocycles. The molecule has 0 bridgehead atoms. The van der Waals surface area contributed by atoms with E-state index in [2.05, 4.69) is 45.5 Å². The van der Waals surface area contributed by atoms with Gasteiger partial charge in [-0.1, -0.05) is 0 Å². The van der Waals surface area contributed by atoms with Crippen LogP contribution in [0.1, 0.15) is 74.0 Å². The quantitative estimate of drug-likeness (QED) is 0.411. The number of methoxy groups -OCH3 is 1. The number of hydrogen-bond acceptors (Lipinski definition) is 9. The van der Waals surface area contributed by atoms with Crippen molar-refractivity contribution < 1.29 is 19.1 Å².